The maximum absolute atomic E-state index is 13.2. The Hall–Kier alpha value is -2.11. The number of nitrogens with two attached hydrogens (primary N) is 1. The maximum atomic E-state index is 13.2. The smallest absolute Gasteiger partial charge is 0.308 e. The molecular formula is C13H15FN2O3. The first-order chi connectivity index (χ1) is 8.90. The van der Waals surface area contributed by atoms with E-state index in [1.165, 1.54) is 17.0 Å². The van der Waals surface area contributed by atoms with Gasteiger partial charge in [-0.3, -0.25) is 9.59 Å². The van der Waals surface area contributed by atoms with Crippen molar-refractivity contribution in [3.05, 3.63) is 29.6 Å². The SMILES string of the molecule is C[C@@H]1CN(C(=O)c2cc(F)ccc2N)C[C@H]1C(=O)O. The van der Waals surface area contributed by atoms with E-state index in [4.69, 9.17) is 10.8 Å². The third kappa shape index (κ3) is 2.52. The second-order valence-corrected chi connectivity index (χ2v) is 4.86. The largest absolute Gasteiger partial charge is 0.481 e. The zero-order valence-corrected chi connectivity index (χ0v) is 10.5. The van der Waals surface area contributed by atoms with Crippen LogP contribution in [0.2, 0.25) is 0 Å². The number of benzene rings is 1. The van der Waals surface area contributed by atoms with Crippen LogP contribution in [0.3, 0.4) is 0 Å². The Kier molecular flexibility index (Phi) is 3.42. The van der Waals surface area contributed by atoms with Crippen molar-refractivity contribution >= 4 is 17.6 Å². The average molecular weight is 266 g/mol. The number of carbonyl (C=O) groups excluding carboxylic acids is 1. The number of carboxylic acid groups (broad SMARTS) is 1. The van der Waals surface area contributed by atoms with E-state index in [-0.39, 0.29) is 23.7 Å². The average Bonchev–Trinajstić information content (AvgIpc) is 2.74. The van der Waals surface area contributed by atoms with Gasteiger partial charge in [0.15, 0.2) is 0 Å². The number of nitrogens with zero attached hydrogens (tertiary/aromatic N) is 1. The van der Waals surface area contributed by atoms with E-state index in [1.807, 2.05) is 0 Å². The predicted octanol–water partition coefficient (Wildman–Crippen LogP) is 1.20. The van der Waals surface area contributed by atoms with Gasteiger partial charge in [0.25, 0.3) is 5.91 Å². The van der Waals surface area contributed by atoms with E-state index in [0.29, 0.717) is 6.54 Å². The third-order valence-corrected chi connectivity index (χ3v) is 3.46. The summed E-state index contributed by atoms with van der Waals surface area (Å²) in [5.41, 5.74) is 5.93. The predicted molar refractivity (Wildman–Crippen MR) is 67.0 cm³/mol. The summed E-state index contributed by atoms with van der Waals surface area (Å²) < 4.78 is 13.2. The highest BCUT2D eigenvalue weighted by Gasteiger charge is 2.37. The molecule has 0 bridgehead atoms. The lowest BCUT2D eigenvalue weighted by Crippen LogP contribution is -2.30. The fraction of sp³-hybridized carbons (Fsp3) is 0.385. The van der Waals surface area contributed by atoms with Crippen molar-refractivity contribution in [1.82, 2.24) is 4.90 Å². The van der Waals surface area contributed by atoms with Gasteiger partial charge in [-0.2, -0.15) is 0 Å². The Morgan fingerprint density at radius 2 is 2.11 bits per heavy atom. The van der Waals surface area contributed by atoms with Crippen molar-refractivity contribution in [2.24, 2.45) is 11.8 Å². The van der Waals surface area contributed by atoms with Crippen LogP contribution in [0.1, 0.15) is 17.3 Å². The van der Waals surface area contributed by atoms with Crippen molar-refractivity contribution in [1.29, 1.82) is 0 Å². The number of nitrogen functional groups attached to an aromatic ring is 1. The summed E-state index contributed by atoms with van der Waals surface area (Å²) in [6, 6.07) is 3.59. The number of hydrogen-bond donors (Lipinski definition) is 2. The number of carboxylic acids is 1. The van der Waals surface area contributed by atoms with Gasteiger partial charge in [0.1, 0.15) is 5.82 Å². The van der Waals surface area contributed by atoms with Crippen molar-refractivity contribution in [2.45, 2.75) is 6.92 Å². The molecule has 102 valence electrons. The lowest BCUT2D eigenvalue weighted by atomic mass is 9.99. The molecule has 1 aromatic carbocycles. The van der Waals surface area contributed by atoms with Gasteiger partial charge in [-0.15, -0.1) is 0 Å². The molecule has 1 fully saturated rings. The minimum Gasteiger partial charge on any atom is -0.481 e. The molecule has 1 aromatic rings. The van der Waals surface area contributed by atoms with Gasteiger partial charge in [0.05, 0.1) is 11.5 Å². The van der Waals surface area contributed by atoms with E-state index >= 15 is 0 Å². The number of rotatable bonds is 2. The Morgan fingerprint density at radius 3 is 2.68 bits per heavy atom. The number of amides is 1. The Labute approximate surface area is 109 Å². The third-order valence-electron chi connectivity index (χ3n) is 3.46. The molecule has 3 N–H and O–H groups in total. The standard InChI is InChI=1S/C13H15FN2O3/c1-7-5-16(6-10(7)13(18)19)12(17)9-4-8(14)2-3-11(9)15/h2-4,7,10H,5-6,15H2,1H3,(H,18,19)/t7-,10-/m1/s1. The van der Waals surface area contributed by atoms with Crippen LogP contribution in [-0.4, -0.2) is 35.0 Å². The summed E-state index contributed by atoms with van der Waals surface area (Å²) in [7, 11) is 0. The summed E-state index contributed by atoms with van der Waals surface area (Å²) >= 11 is 0. The second kappa shape index (κ2) is 4.87. The molecule has 0 radical (unpaired) electrons. The Balaban J connectivity index is 2.22. The highest BCUT2D eigenvalue weighted by molar-refractivity contribution is 5.99. The molecule has 1 saturated heterocycles. The molecule has 1 aliphatic heterocycles. The van der Waals surface area contributed by atoms with Crippen LogP contribution in [-0.2, 0) is 4.79 Å². The van der Waals surface area contributed by atoms with Crippen LogP contribution >= 0.6 is 0 Å². The van der Waals surface area contributed by atoms with Gasteiger partial charge < -0.3 is 15.7 Å². The highest BCUT2D eigenvalue weighted by Crippen LogP contribution is 2.26. The van der Waals surface area contributed by atoms with Gasteiger partial charge in [0.2, 0.25) is 0 Å². The normalized spacial score (nSPS) is 22.5. The van der Waals surface area contributed by atoms with Crippen molar-refractivity contribution in [3.8, 4) is 0 Å². The van der Waals surface area contributed by atoms with Crippen LogP contribution < -0.4 is 5.73 Å². The Morgan fingerprint density at radius 1 is 1.42 bits per heavy atom. The molecule has 5 nitrogen and oxygen atoms in total. The topological polar surface area (TPSA) is 83.6 Å². The van der Waals surface area contributed by atoms with Crippen molar-refractivity contribution in [2.75, 3.05) is 18.8 Å². The summed E-state index contributed by atoms with van der Waals surface area (Å²) in [6.07, 6.45) is 0. The Bertz CT molecular complexity index is 533. The van der Waals surface area contributed by atoms with E-state index in [2.05, 4.69) is 0 Å². The van der Waals surface area contributed by atoms with Gasteiger partial charge in [0, 0.05) is 18.8 Å². The molecule has 6 heteroatoms. The zero-order valence-electron chi connectivity index (χ0n) is 10.5. The van der Waals surface area contributed by atoms with Gasteiger partial charge >= 0.3 is 5.97 Å². The molecular weight excluding hydrogens is 251 g/mol. The molecule has 2 atom stereocenters. The number of anilines is 1. The lowest BCUT2D eigenvalue weighted by Gasteiger charge is -2.17. The summed E-state index contributed by atoms with van der Waals surface area (Å²) in [5.74, 6) is -2.60. The minimum absolute atomic E-state index is 0.0817. The number of carbonyl (C=O) groups is 2. The number of aliphatic carboxylic acids is 1. The first-order valence-electron chi connectivity index (χ1n) is 5.97. The molecule has 1 heterocycles. The fourth-order valence-corrected chi connectivity index (χ4v) is 2.34. The first kappa shape index (κ1) is 13.3. The lowest BCUT2D eigenvalue weighted by molar-refractivity contribution is -0.142. The molecule has 0 unspecified atom stereocenters. The molecule has 0 aliphatic carbocycles. The van der Waals surface area contributed by atoms with E-state index in [1.54, 1.807) is 6.92 Å². The molecule has 1 amide bonds. The summed E-state index contributed by atoms with van der Waals surface area (Å²) in [4.78, 5) is 24.6. The number of hydrogen-bond acceptors (Lipinski definition) is 3. The number of likely N-dealkylation sites (tertiary alicyclic amines) is 1. The molecule has 0 spiro atoms. The quantitative estimate of drug-likeness (QED) is 0.788. The molecule has 0 saturated carbocycles. The van der Waals surface area contributed by atoms with E-state index in [0.717, 1.165) is 6.07 Å². The van der Waals surface area contributed by atoms with Crippen LogP contribution in [0.15, 0.2) is 18.2 Å². The maximum Gasteiger partial charge on any atom is 0.308 e. The van der Waals surface area contributed by atoms with E-state index < -0.39 is 23.6 Å². The zero-order chi connectivity index (χ0) is 14.2. The van der Waals surface area contributed by atoms with Gasteiger partial charge in [-0.1, -0.05) is 6.92 Å². The van der Waals surface area contributed by atoms with Gasteiger partial charge in [-0.25, -0.2) is 4.39 Å². The number of halogens is 1. The summed E-state index contributed by atoms with van der Waals surface area (Å²) in [5, 5.41) is 9.03. The van der Waals surface area contributed by atoms with Crippen LogP contribution in [0, 0.1) is 17.7 Å². The fourth-order valence-electron chi connectivity index (χ4n) is 2.34. The highest BCUT2D eigenvalue weighted by atomic mass is 19.1. The molecule has 1 aliphatic rings. The van der Waals surface area contributed by atoms with Crippen LogP contribution in [0.25, 0.3) is 0 Å². The first-order valence-corrected chi connectivity index (χ1v) is 5.97. The monoisotopic (exact) mass is 266 g/mol. The van der Waals surface area contributed by atoms with Crippen molar-refractivity contribution < 1.29 is 19.1 Å². The van der Waals surface area contributed by atoms with E-state index in [9.17, 15) is 14.0 Å². The minimum atomic E-state index is -0.921. The second-order valence-electron chi connectivity index (χ2n) is 4.86. The molecule has 19 heavy (non-hydrogen) atoms. The molecule has 2 rings (SSSR count). The van der Waals surface area contributed by atoms with Crippen molar-refractivity contribution in [3.63, 3.8) is 0 Å². The van der Waals surface area contributed by atoms with Crippen LogP contribution in [0.5, 0.6) is 0 Å². The van der Waals surface area contributed by atoms with Crippen LogP contribution in [0.4, 0.5) is 10.1 Å². The molecule has 0 aromatic heterocycles. The summed E-state index contributed by atoms with van der Waals surface area (Å²) in [6.45, 7) is 2.25. The van der Waals surface area contributed by atoms with Gasteiger partial charge in [-0.05, 0) is 24.1 Å².